The fourth-order valence-electron chi connectivity index (χ4n) is 3.88. The van der Waals surface area contributed by atoms with Gasteiger partial charge in [-0.25, -0.2) is 0 Å². The number of piperidine rings is 1. The lowest BCUT2D eigenvalue weighted by Crippen LogP contribution is -2.44. The van der Waals surface area contributed by atoms with Crippen molar-refractivity contribution in [3.05, 3.63) is 29.8 Å². The van der Waals surface area contributed by atoms with E-state index in [-0.39, 0.29) is 0 Å². The maximum atomic E-state index is 10.4. The first kappa shape index (κ1) is 12.9. The van der Waals surface area contributed by atoms with Gasteiger partial charge >= 0.3 is 0 Å². The fourth-order valence-corrected chi connectivity index (χ4v) is 3.88. The van der Waals surface area contributed by atoms with Gasteiger partial charge < -0.3 is 10.8 Å². The number of aliphatic hydroxyl groups excluding tert-OH is 1. The molecule has 3 nitrogen and oxygen atoms in total. The van der Waals surface area contributed by atoms with Crippen molar-refractivity contribution in [2.75, 3.05) is 18.8 Å². The summed E-state index contributed by atoms with van der Waals surface area (Å²) in [6, 6.07) is 8.36. The van der Waals surface area contributed by atoms with E-state index in [1.807, 2.05) is 24.3 Å². The third kappa shape index (κ3) is 2.77. The molecule has 0 bridgehead atoms. The Morgan fingerprint density at radius 1 is 1.26 bits per heavy atom. The molecule has 0 radical (unpaired) electrons. The van der Waals surface area contributed by atoms with Crippen molar-refractivity contribution < 1.29 is 5.11 Å². The van der Waals surface area contributed by atoms with Crippen molar-refractivity contribution in [3.63, 3.8) is 0 Å². The van der Waals surface area contributed by atoms with Crippen LogP contribution in [0.5, 0.6) is 0 Å². The molecule has 104 valence electrons. The number of β-amino-alcohol motifs (C(OH)–C–C–N with tert-alkyl or cyclic N) is 1. The number of anilines is 1. The number of fused-ring (bicyclic) bond motifs is 1. The second-order valence-electron chi connectivity index (χ2n) is 6.08. The summed E-state index contributed by atoms with van der Waals surface area (Å²) in [6.07, 6.45) is 6.31. The van der Waals surface area contributed by atoms with Crippen LogP contribution in [0.4, 0.5) is 5.69 Å². The Bertz CT molecular complexity index is 435. The molecule has 1 aromatic carbocycles. The number of likely N-dealkylation sites (tertiary alicyclic amines) is 1. The van der Waals surface area contributed by atoms with Crippen molar-refractivity contribution in [3.8, 4) is 0 Å². The Kier molecular flexibility index (Phi) is 3.76. The zero-order chi connectivity index (χ0) is 13.2. The van der Waals surface area contributed by atoms with E-state index in [2.05, 4.69) is 4.90 Å². The molecule has 0 aromatic heterocycles. The first-order chi connectivity index (χ1) is 9.24. The van der Waals surface area contributed by atoms with Crippen LogP contribution in [-0.2, 0) is 0 Å². The monoisotopic (exact) mass is 260 g/mol. The molecule has 3 atom stereocenters. The summed E-state index contributed by atoms with van der Waals surface area (Å²) in [4.78, 5) is 2.51. The smallest absolute Gasteiger partial charge is 0.0917 e. The van der Waals surface area contributed by atoms with E-state index in [0.717, 1.165) is 30.3 Å². The summed E-state index contributed by atoms with van der Waals surface area (Å²) >= 11 is 0. The summed E-state index contributed by atoms with van der Waals surface area (Å²) in [5.41, 5.74) is 7.47. The first-order valence-corrected chi connectivity index (χ1v) is 7.51. The first-order valence-electron chi connectivity index (χ1n) is 7.51. The number of hydrogen-bond acceptors (Lipinski definition) is 3. The van der Waals surface area contributed by atoms with Gasteiger partial charge in [0, 0.05) is 18.3 Å². The Labute approximate surface area is 115 Å². The highest BCUT2D eigenvalue weighted by atomic mass is 16.3. The highest BCUT2D eigenvalue weighted by Crippen LogP contribution is 2.37. The largest absolute Gasteiger partial charge is 0.399 e. The van der Waals surface area contributed by atoms with Gasteiger partial charge in [0.25, 0.3) is 0 Å². The number of rotatable bonds is 3. The average molecular weight is 260 g/mol. The van der Waals surface area contributed by atoms with Crippen molar-refractivity contribution in [2.24, 2.45) is 5.92 Å². The van der Waals surface area contributed by atoms with Crippen molar-refractivity contribution >= 4 is 5.69 Å². The molecule has 1 saturated carbocycles. The zero-order valence-electron chi connectivity index (χ0n) is 11.5. The minimum absolute atomic E-state index is 0.414. The third-order valence-corrected chi connectivity index (χ3v) is 4.81. The molecule has 3 N–H and O–H groups in total. The maximum Gasteiger partial charge on any atom is 0.0917 e. The van der Waals surface area contributed by atoms with Crippen LogP contribution in [0.15, 0.2) is 24.3 Å². The van der Waals surface area contributed by atoms with Crippen LogP contribution >= 0.6 is 0 Å². The molecule has 19 heavy (non-hydrogen) atoms. The van der Waals surface area contributed by atoms with Gasteiger partial charge in [0.2, 0.25) is 0 Å². The number of nitrogens with two attached hydrogens (primary N) is 1. The van der Waals surface area contributed by atoms with Gasteiger partial charge in [-0.15, -0.1) is 0 Å². The van der Waals surface area contributed by atoms with Crippen LogP contribution in [0, 0.1) is 5.92 Å². The van der Waals surface area contributed by atoms with Gasteiger partial charge in [-0.3, -0.25) is 4.90 Å². The van der Waals surface area contributed by atoms with Gasteiger partial charge in [0.05, 0.1) is 6.10 Å². The van der Waals surface area contributed by atoms with E-state index >= 15 is 0 Å². The number of aliphatic hydroxyl groups is 1. The molecule has 3 rings (SSSR count). The Balaban J connectivity index is 1.67. The topological polar surface area (TPSA) is 49.5 Å². The van der Waals surface area contributed by atoms with Crippen LogP contribution in [0.3, 0.4) is 0 Å². The van der Waals surface area contributed by atoms with E-state index in [1.165, 1.54) is 32.1 Å². The Morgan fingerprint density at radius 2 is 2.11 bits per heavy atom. The summed E-state index contributed by atoms with van der Waals surface area (Å²) in [7, 11) is 0. The van der Waals surface area contributed by atoms with Crippen LogP contribution in [-0.4, -0.2) is 29.1 Å². The summed E-state index contributed by atoms with van der Waals surface area (Å²) < 4.78 is 0. The molecule has 3 unspecified atom stereocenters. The summed E-state index contributed by atoms with van der Waals surface area (Å²) in [5, 5.41) is 10.4. The normalized spacial score (nSPS) is 29.1. The molecule has 0 spiro atoms. The van der Waals surface area contributed by atoms with Gasteiger partial charge in [-0.2, -0.15) is 0 Å². The van der Waals surface area contributed by atoms with Gasteiger partial charge in [0.15, 0.2) is 0 Å². The predicted octanol–water partition coefficient (Wildman–Crippen LogP) is 2.57. The summed E-state index contributed by atoms with van der Waals surface area (Å²) in [6.45, 7) is 1.89. The second-order valence-corrected chi connectivity index (χ2v) is 6.08. The average Bonchev–Trinajstić information content (AvgIpc) is 2.88. The van der Waals surface area contributed by atoms with Crippen molar-refractivity contribution in [1.82, 2.24) is 4.90 Å². The van der Waals surface area contributed by atoms with Gasteiger partial charge in [0.1, 0.15) is 0 Å². The second kappa shape index (κ2) is 5.51. The van der Waals surface area contributed by atoms with Gasteiger partial charge in [-0.1, -0.05) is 18.6 Å². The highest BCUT2D eigenvalue weighted by molar-refractivity contribution is 5.41. The number of nitrogens with zero attached hydrogens (tertiary/aromatic N) is 1. The zero-order valence-corrected chi connectivity index (χ0v) is 11.5. The number of hydrogen-bond donors (Lipinski definition) is 2. The van der Waals surface area contributed by atoms with Crippen molar-refractivity contribution in [1.29, 1.82) is 0 Å². The maximum absolute atomic E-state index is 10.4. The van der Waals surface area contributed by atoms with E-state index in [1.54, 1.807) is 0 Å². The molecule has 1 aliphatic heterocycles. The van der Waals surface area contributed by atoms with Crippen LogP contribution < -0.4 is 5.73 Å². The molecule has 1 heterocycles. The van der Waals surface area contributed by atoms with Crippen LogP contribution in [0.2, 0.25) is 0 Å². The summed E-state index contributed by atoms with van der Waals surface area (Å²) in [5.74, 6) is 0.877. The fraction of sp³-hybridized carbons (Fsp3) is 0.625. The van der Waals surface area contributed by atoms with Crippen LogP contribution in [0.1, 0.15) is 43.8 Å². The minimum Gasteiger partial charge on any atom is -0.399 e. The number of benzene rings is 1. The Hall–Kier alpha value is -1.06. The third-order valence-electron chi connectivity index (χ3n) is 4.81. The molecular weight excluding hydrogens is 236 g/mol. The minimum atomic E-state index is -0.414. The Morgan fingerprint density at radius 3 is 2.95 bits per heavy atom. The standard InChI is InChI=1S/C16H24N2O/c17-14-7-1-5-13(10-14)16(19)11-18-9-3-6-12-4-2-8-15(12)18/h1,5,7,10,12,15-16,19H,2-4,6,8-9,11,17H2. The van der Waals surface area contributed by atoms with Crippen LogP contribution in [0.25, 0.3) is 0 Å². The lowest BCUT2D eigenvalue weighted by Gasteiger charge is -2.38. The quantitative estimate of drug-likeness (QED) is 0.821. The number of nitrogen functional groups attached to an aromatic ring is 1. The molecule has 1 aromatic rings. The molecule has 1 aliphatic carbocycles. The molecule has 2 fully saturated rings. The molecule has 3 heteroatoms. The molecule has 1 saturated heterocycles. The lowest BCUT2D eigenvalue weighted by atomic mass is 9.91. The molecule has 2 aliphatic rings. The SMILES string of the molecule is Nc1cccc(C(O)CN2CCCC3CCCC32)c1. The van der Waals surface area contributed by atoms with E-state index in [9.17, 15) is 5.11 Å². The lowest BCUT2D eigenvalue weighted by molar-refractivity contribution is 0.0507. The van der Waals surface area contributed by atoms with E-state index < -0.39 is 6.10 Å². The predicted molar refractivity (Wildman–Crippen MR) is 77.8 cm³/mol. The highest BCUT2D eigenvalue weighted by Gasteiger charge is 2.35. The van der Waals surface area contributed by atoms with Crippen molar-refractivity contribution in [2.45, 2.75) is 44.2 Å². The van der Waals surface area contributed by atoms with Gasteiger partial charge in [-0.05, 0) is 55.8 Å². The molecule has 0 amide bonds. The van der Waals surface area contributed by atoms with E-state index in [4.69, 9.17) is 5.73 Å². The molecular formula is C16H24N2O. The van der Waals surface area contributed by atoms with E-state index in [0.29, 0.717) is 6.04 Å².